The zero-order chi connectivity index (χ0) is 11.9. The van der Waals surface area contributed by atoms with Gasteiger partial charge in [0.05, 0.1) is 0 Å². The Bertz CT molecular complexity index is 310. The van der Waals surface area contributed by atoms with Crippen molar-refractivity contribution < 1.29 is 9.47 Å². The van der Waals surface area contributed by atoms with Crippen LogP contribution in [-0.4, -0.2) is 30.7 Å². The third-order valence-electron chi connectivity index (χ3n) is 3.58. The summed E-state index contributed by atoms with van der Waals surface area (Å²) in [5, 5.41) is 0. The molecule has 1 N–H and O–H groups in total. The molecule has 2 nitrogen and oxygen atoms in total. The Hall–Kier alpha value is -0.860. The van der Waals surface area contributed by atoms with Crippen molar-refractivity contribution in [2.45, 2.75) is 44.3 Å². The van der Waals surface area contributed by atoms with Gasteiger partial charge < -0.3 is 9.47 Å². The highest BCUT2D eigenvalue weighted by Crippen LogP contribution is 2.22. The van der Waals surface area contributed by atoms with E-state index in [4.69, 9.17) is 9.47 Å². The van der Waals surface area contributed by atoms with E-state index in [1.807, 2.05) is 7.11 Å². The second kappa shape index (κ2) is 6.77. The predicted molar refractivity (Wildman–Crippen MR) is 70.3 cm³/mol. The minimum atomic E-state index is 0.361. The van der Waals surface area contributed by atoms with E-state index in [1.165, 1.54) is 31.2 Å². The van der Waals surface area contributed by atoms with Crippen LogP contribution >= 0.6 is 0 Å². The molecular formula is C15H23O2+. The van der Waals surface area contributed by atoms with E-state index in [2.05, 4.69) is 30.3 Å². The quantitative estimate of drug-likeness (QED) is 0.719. The number of methoxy groups -OCH3 is 1. The average molecular weight is 235 g/mol. The van der Waals surface area contributed by atoms with Gasteiger partial charge in [-0.1, -0.05) is 36.8 Å². The molecule has 17 heavy (non-hydrogen) atoms. The maximum Gasteiger partial charge on any atom is 0.181 e. The lowest BCUT2D eigenvalue weighted by molar-refractivity contribution is -0.172. The summed E-state index contributed by atoms with van der Waals surface area (Å²) in [6.07, 6.45) is 6.82. The van der Waals surface area contributed by atoms with Crippen LogP contribution in [0.1, 0.15) is 31.2 Å². The SMILES string of the molecule is CO[C@@H]1CCCC[C@@H]1[OH+]CCc1ccccc1. The van der Waals surface area contributed by atoms with Crippen molar-refractivity contribution in [3.8, 4) is 0 Å². The second-order valence-electron chi connectivity index (χ2n) is 4.77. The van der Waals surface area contributed by atoms with Crippen LogP contribution in [0.3, 0.4) is 0 Å². The Balaban J connectivity index is 1.74. The smallest absolute Gasteiger partial charge is 0.181 e. The number of aliphatic hydroxyl groups is 2. The van der Waals surface area contributed by atoms with Crippen LogP contribution in [0.5, 0.6) is 0 Å². The molecule has 1 aliphatic carbocycles. The lowest BCUT2D eigenvalue weighted by Gasteiger charge is -2.27. The molecule has 1 saturated carbocycles. The normalized spacial score (nSPS) is 24.8. The highest BCUT2D eigenvalue weighted by atomic mass is 16.5. The molecule has 0 heterocycles. The van der Waals surface area contributed by atoms with Crippen molar-refractivity contribution in [3.05, 3.63) is 35.9 Å². The highest BCUT2D eigenvalue weighted by molar-refractivity contribution is 5.14. The molecule has 0 aliphatic heterocycles. The zero-order valence-electron chi connectivity index (χ0n) is 10.6. The lowest BCUT2D eigenvalue weighted by atomic mass is 9.94. The molecule has 2 rings (SSSR count). The van der Waals surface area contributed by atoms with Gasteiger partial charge in [-0.3, -0.25) is 0 Å². The van der Waals surface area contributed by atoms with E-state index in [-0.39, 0.29) is 0 Å². The summed E-state index contributed by atoms with van der Waals surface area (Å²) < 4.78 is 10.3. The Kier molecular flexibility index (Phi) is 5.02. The van der Waals surface area contributed by atoms with Crippen LogP contribution in [0.4, 0.5) is 0 Å². The molecular weight excluding hydrogens is 212 g/mol. The zero-order valence-corrected chi connectivity index (χ0v) is 10.6. The fourth-order valence-corrected chi connectivity index (χ4v) is 2.57. The summed E-state index contributed by atoms with van der Waals surface area (Å²) in [5.74, 6) is 0. The van der Waals surface area contributed by atoms with Crippen molar-refractivity contribution in [1.29, 1.82) is 0 Å². The predicted octanol–water partition coefficient (Wildman–Crippen LogP) is 2.71. The van der Waals surface area contributed by atoms with E-state index in [0.717, 1.165) is 13.0 Å². The van der Waals surface area contributed by atoms with Crippen molar-refractivity contribution in [2.24, 2.45) is 0 Å². The average Bonchev–Trinajstić information content (AvgIpc) is 2.40. The van der Waals surface area contributed by atoms with Gasteiger partial charge in [0.15, 0.2) is 6.10 Å². The van der Waals surface area contributed by atoms with E-state index in [0.29, 0.717) is 12.2 Å². The van der Waals surface area contributed by atoms with Gasteiger partial charge in [-0.15, -0.1) is 0 Å². The molecule has 1 aliphatic rings. The number of rotatable bonds is 5. The van der Waals surface area contributed by atoms with Gasteiger partial charge in [-0.2, -0.15) is 0 Å². The third kappa shape index (κ3) is 3.83. The van der Waals surface area contributed by atoms with Gasteiger partial charge >= 0.3 is 0 Å². The fourth-order valence-electron chi connectivity index (χ4n) is 2.57. The molecule has 0 spiro atoms. The lowest BCUT2D eigenvalue weighted by Crippen LogP contribution is -2.36. The molecule has 2 atom stereocenters. The molecule has 0 amide bonds. The van der Waals surface area contributed by atoms with Crippen LogP contribution in [0.25, 0.3) is 0 Å². The number of benzene rings is 1. The monoisotopic (exact) mass is 235 g/mol. The third-order valence-corrected chi connectivity index (χ3v) is 3.58. The Morgan fingerprint density at radius 1 is 1.18 bits per heavy atom. The van der Waals surface area contributed by atoms with E-state index in [9.17, 15) is 0 Å². The first-order valence-electron chi connectivity index (χ1n) is 6.63. The molecule has 0 bridgehead atoms. The minimum absolute atomic E-state index is 0.361. The van der Waals surface area contributed by atoms with Crippen molar-refractivity contribution in [3.63, 3.8) is 0 Å². The molecule has 1 fully saturated rings. The maximum atomic E-state index is 5.51. The minimum Gasteiger partial charge on any atom is -0.429 e. The fraction of sp³-hybridized carbons (Fsp3) is 0.600. The Morgan fingerprint density at radius 2 is 1.94 bits per heavy atom. The first-order chi connectivity index (χ1) is 8.40. The first-order valence-corrected chi connectivity index (χ1v) is 6.63. The van der Waals surface area contributed by atoms with Gasteiger partial charge in [0.25, 0.3) is 0 Å². The van der Waals surface area contributed by atoms with Gasteiger partial charge in [0.1, 0.15) is 12.7 Å². The van der Waals surface area contributed by atoms with Gasteiger partial charge in [0.2, 0.25) is 0 Å². The Morgan fingerprint density at radius 3 is 2.71 bits per heavy atom. The van der Waals surface area contributed by atoms with Crippen LogP contribution in [0, 0.1) is 0 Å². The molecule has 0 unspecified atom stereocenters. The summed E-state index contributed by atoms with van der Waals surface area (Å²) in [6, 6.07) is 10.6. The van der Waals surface area contributed by atoms with Crippen molar-refractivity contribution in [2.75, 3.05) is 13.7 Å². The summed E-state index contributed by atoms with van der Waals surface area (Å²) in [5.41, 5.74) is 1.38. The molecule has 0 saturated heterocycles. The van der Waals surface area contributed by atoms with Gasteiger partial charge in [-0.05, 0) is 18.4 Å². The number of hydrogen-bond acceptors (Lipinski definition) is 1. The summed E-state index contributed by atoms with van der Waals surface area (Å²) >= 11 is 0. The van der Waals surface area contributed by atoms with E-state index < -0.39 is 0 Å². The highest BCUT2D eigenvalue weighted by Gasteiger charge is 2.29. The van der Waals surface area contributed by atoms with E-state index >= 15 is 0 Å². The molecule has 94 valence electrons. The van der Waals surface area contributed by atoms with Gasteiger partial charge in [-0.25, -0.2) is 0 Å². The summed E-state index contributed by atoms with van der Waals surface area (Å²) in [6.45, 7) is 0.925. The van der Waals surface area contributed by atoms with Gasteiger partial charge in [0, 0.05) is 20.0 Å². The van der Waals surface area contributed by atoms with E-state index in [1.54, 1.807) is 0 Å². The molecule has 0 aromatic heterocycles. The number of ether oxygens (including phenoxy) is 2. The molecule has 1 aromatic rings. The van der Waals surface area contributed by atoms with Crippen LogP contribution in [-0.2, 0) is 11.2 Å². The largest absolute Gasteiger partial charge is 0.429 e. The Labute approximate surface area is 104 Å². The van der Waals surface area contributed by atoms with Crippen LogP contribution in [0.2, 0.25) is 0 Å². The summed E-state index contributed by atoms with van der Waals surface area (Å²) in [4.78, 5) is 0. The maximum absolute atomic E-state index is 5.51. The van der Waals surface area contributed by atoms with Crippen molar-refractivity contribution in [1.82, 2.24) is 0 Å². The van der Waals surface area contributed by atoms with Crippen LogP contribution < -0.4 is 0 Å². The van der Waals surface area contributed by atoms with Crippen LogP contribution in [0.15, 0.2) is 30.3 Å². The molecule has 2 heteroatoms. The second-order valence-corrected chi connectivity index (χ2v) is 4.77. The molecule has 1 aromatic carbocycles. The van der Waals surface area contributed by atoms with Crippen molar-refractivity contribution >= 4 is 0 Å². The number of hydrogen-bond donors (Lipinski definition) is 0. The summed E-state index contributed by atoms with van der Waals surface area (Å²) in [7, 11) is 1.82. The first kappa shape index (κ1) is 12.6. The topological polar surface area (TPSA) is 22.0 Å². The molecule has 0 radical (unpaired) electrons. The standard InChI is InChI=1S/C15H22O2/c1-16-14-9-5-6-10-15(14)17-12-11-13-7-3-2-4-8-13/h2-4,7-8,14-15H,5-6,9-12H2,1H3/p+1/t14-,15+/m1/s1.